The highest BCUT2D eigenvalue weighted by Crippen LogP contribution is 2.38. The first-order chi connectivity index (χ1) is 16.2. The van der Waals surface area contributed by atoms with E-state index in [1.165, 1.54) is 31.7 Å². The summed E-state index contributed by atoms with van der Waals surface area (Å²) in [6, 6.07) is 2.52. The Morgan fingerprint density at radius 3 is 2.59 bits per heavy atom. The maximum atomic E-state index is 13.2. The summed E-state index contributed by atoms with van der Waals surface area (Å²) in [5.74, 6) is -0.515. The number of alkyl halides is 3. The van der Waals surface area contributed by atoms with Crippen LogP contribution in [0.3, 0.4) is 0 Å². The smallest absolute Gasteiger partial charge is 0.388 e. The SMILES string of the molecule is CCNC(=O)Nc1cc(-c2nc(C(F)(F)F)cs2)c(-c2cncc(-c3nn(C)c(=O)o3)c2)cn1. The van der Waals surface area contributed by atoms with E-state index in [-0.39, 0.29) is 16.7 Å². The summed E-state index contributed by atoms with van der Waals surface area (Å²) < 4.78 is 45.6. The molecular formula is C20H16F3N7O3S. The molecule has 2 N–H and O–H groups in total. The number of amides is 2. The second-order valence-corrected chi connectivity index (χ2v) is 7.75. The van der Waals surface area contributed by atoms with Crippen molar-refractivity contribution >= 4 is 23.2 Å². The zero-order chi connectivity index (χ0) is 24.5. The lowest BCUT2D eigenvalue weighted by Gasteiger charge is -2.11. The number of carbonyl (C=O) groups is 1. The average Bonchev–Trinajstić information content (AvgIpc) is 3.41. The lowest BCUT2D eigenvalue weighted by Crippen LogP contribution is -2.28. The molecule has 0 aliphatic carbocycles. The Labute approximate surface area is 193 Å². The highest BCUT2D eigenvalue weighted by molar-refractivity contribution is 7.13. The molecule has 176 valence electrons. The maximum absolute atomic E-state index is 13.2. The van der Waals surface area contributed by atoms with Gasteiger partial charge in [0.25, 0.3) is 5.89 Å². The highest BCUT2D eigenvalue weighted by atomic mass is 32.1. The minimum atomic E-state index is -4.61. The topological polar surface area (TPSA) is 128 Å². The van der Waals surface area contributed by atoms with Crippen LogP contribution in [0.15, 0.2) is 45.3 Å². The molecule has 0 atom stereocenters. The molecule has 0 aliphatic heterocycles. The second-order valence-electron chi connectivity index (χ2n) is 6.89. The van der Waals surface area contributed by atoms with Crippen molar-refractivity contribution < 1.29 is 22.4 Å². The third kappa shape index (κ3) is 4.80. The number of aromatic nitrogens is 5. The van der Waals surface area contributed by atoms with Gasteiger partial charge in [-0.3, -0.25) is 10.3 Å². The summed E-state index contributed by atoms with van der Waals surface area (Å²) in [6.07, 6.45) is -0.318. The van der Waals surface area contributed by atoms with Crippen LogP contribution in [0.4, 0.5) is 23.8 Å². The minimum Gasteiger partial charge on any atom is -0.388 e. The van der Waals surface area contributed by atoms with Crippen molar-refractivity contribution in [2.75, 3.05) is 11.9 Å². The Balaban J connectivity index is 1.82. The third-order valence-corrected chi connectivity index (χ3v) is 5.37. The normalized spacial score (nSPS) is 11.4. The maximum Gasteiger partial charge on any atom is 0.437 e. The number of urea groups is 1. The van der Waals surface area contributed by atoms with Crippen LogP contribution < -0.4 is 16.4 Å². The predicted octanol–water partition coefficient (Wildman–Crippen LogP) is 3.78. The first kappa shape index (κ1) is 23.1. The molecule has 0 aromatic carbocycles. The summed E-state index contributed by atoms with van der Waals surface area (Å²) >= 11 is 0.799. The highest BCUT2D eigenvalue weighted by Gasteiger charge is 2.34. The van der Waals surface area contributed by atoms with Crippen molar-refractivity contribution in [1.82, 2.24) is 30.0 Å². The first-order valence-electron chi connectivity index (χ1n) is 9.73. The van der Waals surface area contributed by atoms with Crippen LogP contribution >= 0.6 is 11.3 Å². The molecule has 0 saturated heterocycles. The largest absolute Gasteiger partial charge is 0.437 e. The molecule has 4 aromatic heterocycles. The molecule has 2 amide bonds. The Morgan fingerprint density at radius 2 is 1.94 bits per heavy atom. The molecule has 0 fully saturated rings. The van der Waals surface area contributed by atoms with Crippen molar-refractivity contribution in [3.05, 3.63) is 52.3 Å². The monoisotopic (exact) mass is 491 g/mol. The summed E-state index contributed by atoms with van der Waals surface area (Å²) in [6.45, 7) is 2.11. The van der Waals surface area contributed by atoms with E-state index < -0.39 is 23.7 Å². The van der Waals surface area contributed by atoms with Gasteiger partial charge in [0, 0.05) is 54.3 Å². The zero-order valence-electron chi connectivity index (χ0n) is 17.7. The third-order valence-electron chi connectivity index (χ3n) is 4.49. The van der Waals surface area contributed by atoms with Crippen molar-refractivity contribution in [3.8, 4) is 33.2 Å². The molecule has 0 unspecified atom stereocenters. The van der Waals surface area contributed by atoms with E-state index >= 15 is 0 Å². The Kier molecular flexibility index (Phi) is 6.15. The zero-order valence-corrected chi connectivity index (χ0v) is 18.5. The van der Waals surface area contributed by atoms with Gasteiger partial charge in [-0.15, -0.1) is 16.4 Å². The molecule has 10 nitrogen and oxygen atoms in total. The van der Waals surface area contributed by atoms with E-state index in [1.54, 1.807) is 13.0 Å². The van der Waals surface area contributed by atoms with Crippen molar-refractivity contribution in [2.45, 2.75) is 13.1 Å². The van der Waals surface area contributed by atoms with Gasteiger partial charge in [0.1, 0.15) is 10.8 Å². The van der Waals surface area contributed by atoms with Crippen LogP contribution in [-0.4, -0.2) is 37.3 Å². The van der Waals surface area contributed by atoms with Crippen LogP contribution in [0.25, 0.3) is 33.2 Å². The van der Waals surface area contributed by atoms with Gasteiger partial charge in [-0.1, -0.05) is 0 Å². The summed E-state index contributed by atoms with van der Waals surface area (Å²) in [4.78, 5) is 35.6. The van der Waals surface area contributed by atoms with E-state index in [9.17, 15) is 22.8 Å². The van der Waals surface area contributed by atoms with Crippen molar-refractivity contribution in [2.24, 2.45) is 7.05 Å². The number of hydrogen-bond donors (Lipinski definition) is 2. The van der Waals surface area contributed by atoms with E-state index in [0.717, 1.165) is 21.4 Å². The number of hydrogen-bond acceptors (Lipinski definition) is 8. The molecule has 0 bridgehead atoms. The molecule has 0 radical (unpaired) electrons. The fourth-order valence-corrected chi connectivity index (χ4v) is 3.80. The van der Waals surface area contributed by atoms with Gasteiger partial charge in [-0.05, 0) is 19.1 Å². The van der Waals surface area contributed by atoms with Gasteiger partial charge in [-0.2, -0.15) is 17.9 Å². The Morgan fingerprint density at radius 1 is 1.18 bits per heavy atom. The van der Waals surface area contributed by atoms with Gasteiger partial charge in [0.2, 0.25) is 0 Å². The number of anilines is 1. The number of aryl methyl sites for hydroxylation is 1. The fourth-order valence-electron chi connectivity index (χ4n) is 2.95. The van der Waals surface area contributed by atoms with Crippen LogP contribution in [0, 0.1) is 0 Å². The molecule has 4 aromatic rings. The van der Waals surface area contributed by atoms with Gasteiger partial charge < -0.3 is 9.73 Å². The van der Waals surface area contributed by atoms with Gasteiger partial charge in [0.15, 0.2) is 5.69 Å². The molecule has 34 heavy (non-hydrogen) atoms. The van der Waals surface area contributed by atoms with Crippen LogP contribution in [0.2, 0.25) is 0 Å². The second kappa shape index (κ2) is 9.05. The van der Waals surface area contributed by atoms with Crippen molar-refractivity contribution in [1.29, 1.82) is 0 Å². The molecule has 4 heterocycles. The Hall–Kier alpha value is -4.07. The molecule has 4 rings (SSSR count). The van der Waals surface area contributed by atoms with E-state index in [4.69, 9.17) is 4.42 Å². The minimum absolute atomic E-state index is 0.0273. The number of carbonyl (C=O) groups excluding carboxylic acids is 1. The summed E-state index contributed by atoms with van der Waals surface area (Å²) in [5.41, 5.74) is 0.499. The molecule has 0 spiro atoms. The molecule has 14 heteroatoms. The standard InChI is InChI=1S/C20H16F3N7O3S/c1-3-25-18(31)28-15-5-12(17-27-14(9-34-17)20(21,22)23)13(8-26-15)10-4-11(7-24-6-10)16-29-30(2)19(32)33-16/h4-9H,3H2,1-2H3,(H2,25,26,28,31). The average molecular weight is 491 g/mol. The van der Waals surface area contributed by atoms with Gasteiger partial charge in [0.05, 0.1) is 5.56 Å². The number of nitrogens with zero attached hydrogens (tertiary/aromatic N) is 5. The lowest BCUT2D eigenvalue weighted by molar-refractivity contribution is -0.140. The van der Waals surface area contributed by atoms with Gasteiger partial charge >= 0.3 is 18.0 Å². The number of nitrogens with one attached hydrogen (secondary N) is 2. The van der Waals surface area contributed by atoms with Crippen LogP contribution in [0.1, 0.15) is 12.6 Å². The first-order valence-corrected chi connectivity index (χ1v) is 10.6. The van der Waals surface area contributed by atoms with Gasteiger partial charge in [-0.25, -0.2) is 19.6 Å². The predicted molar refractivity (Wildman–Crippen MR) is 117 cm³/mol. The number of pyridine rings is 2. The molecule has 0 aliphatic rings. The summed E-state index contributed by atoms with van der Waals surface area (Å²) in [7, 11) is 1.43. The number of halogens is 3. The number of thiazole rings is 1. The van der Waals surface area contributed by atoms with Crippen LogP contribution in [-0.2, 0) is 13.2 Å². The summed E-state index contributed by atoms with van der Waals surface area (Å²) in [5, 5.41) is 10.0. The lowest BCUT2D eigenvalue weighted by atomic mass is 10.0. The van der Waals surface area contributed by atoms with E-state index in [2.05, 4.69) is 30.7 Å². The van der Waals surface area contributed by atoms with E-state index in [0.29, 0.717) is 28.8 Å². The Bertz CT molecular complexity index is 1410. The van der Waals surface area contributed by atoms with Crippen molar-refractivity contribution in [3.63, 3.8) is 0 Å². The van der Waals surface area contributed by atoms with E-state index in [1.807, 2.05) is 0 Å². The molecular weight excluding hydrogens is 475 g/mol. The van der Waals surface area contributed by atoms with Crippen LogP contribution in [0.5, 0.6) is 0 Å². The quantitative estimate of drug-likeness (QED) is 0.435. The molecule has 0 saturated carbocycles. The fraction of sp³-hybridized carbons (Fsp3) is 0.200. The number of rotatable bonds is 5.